The lowest BCUT2D eigenvalue weighted by atomic mass is 10.3. The minimum absolute atomic E-state index is 0.0999. The predicted octanol–water partition coefficient (Wildman–Crippen LogP) is 2.75. The lowest BCUT2D eigenvalue weighted by Crippen LogP contribution is -2.21. The van der Waals surface area contributed by atoms with Crippen molar-refractivity contribution in [3.05, 3.63) is 28.5 Å². The number of ether oxygens (including phenoxy) is 1. The highest BCUT2D eigenvalue weighted by Gasteiger charge is 2.17. The molecule has 1 aromatic heterocycles. The largest absolute Gasteiger partial charge is 0.424 e. The molecule has 1 aromatic carbocycles. The van der Waals surface area contributed by atoms with Crippen LogP contribution in [0.2, 0.25) is 0 Å². The maximum atomic E-state index is 13.2. The van der Waals surface area contributed by atoms with E-state index in [1.54, 1.807) is 0 Å². The van der Waals surface area contributed by atoms with Crippen LogP contribution in [0.1, 0.15) is 12.8 Å². The van der Waals surface area contributed by atoms with Gasteiger partial charge in [-0.1, -0.05) is 0 Å². The summed E-state index contributed by atoms with van der Waals surface area (Å²) in [6.45, 7) is 1.79. The first-order valence-electron chi connectivity index (χ1n) is 6.51. The van der Waals surface area contributed by atoms with E-state index in [9.17, 15) is 4.39 Å². The van der Waals surface area contributed by atoms with Crippen molar-refractivity contribution in [2.45, 2.75) is 12.8 Å². The third-order valence-electron chi connectivity index (χ3n) is 3.11. The average Bonchev–Trinajstić information content (AvgIpc) is 2.96. The van der Waals surface area contributed by atoms with E-state index in [1.165, 1.54) is 18.2 Å². The summed E-state index contributed by atoms with van der Waals surface area (Å²) in [4.78, 5) is 14.4. The molecule has 8 heteroatoms. The molecule has 0 radical (unpaired) electrons. The number of benzene rings is 1. The summed E-state index contributed by atoms with van der Waals surface area (Å²) in [5.74, 6) is 0.663. The van der Waals surface area contributed by atoms with Gasteiger partial charge in [-0.2, -0.15) is 15.0 Å². The van der Waals surface area contributed by atoms with E-state index in [-0.39, 0.29) is 17.8 Å². The zero-order chi connectivity index (χ0) is 14.8. The molecule has 0 bridgehead atoms. The first-order valence-corrected chi connectivity index (χ1v) is 7.30. The number of rotatable bonds is 3. The van der Waals surface area contributed by atoms with E-state index < -0.39 is 0 Å². The van der Waals surface area contributed by atoms with Crippen LogP contribution >= 0.6 is 15.9 Å². The Morgan fingerprint density at radius 2 is 1.95 bits per heavy atom. The van der Waals surface area contributed by atoms with E-state index in [2.05, 4.69) is 30.9 Å². The molecule has 0 saturated carbocycles. The van der Waals surface area contributed by atoms with Crippen molar-refractivity contribution in [1.82, 2.24) is 15.0 Å². The molecule has 0 atom stereocenters. The van der Waals surface area contributed by atoms with E-state index in [4.69, 9.17) is 10.5 Å². The highest BCUT2D eigenvalue weighted by Crippen LogP contribution is 2.26. The van der Waals surface area contributed by atoms with Gasteiger partial charge in [0.1, 0.15) is 11.6 Å². The summed E-state index contributed by atoms with van der Waals surface area (Å²) in [6, 6.07) is 4.40. The molecule has 1 aliphatic rings. The quantitative estimate of drug-likeness (QED) is 0.913. The van der Waals surface area contributed by atoms with Crippen molar-refractivity contribution in [3.8, 4) is 11.8 Å². The fraction of sp³-hybridized carbons (Fsp3) is 0.308. The van der Waals surface area contributed by atoms with E-state index >= 15 is 0 Å². The summed E-state index contributed by atoms with van der Waals surface area (Å²) < 4.78 is 19.0. The molecule has 3 rings (SSSR count). The summed E-state index contributed by atoms with van der Waals surface area (Å²) in [5.41, 5.74) is 5.70. The summed E-state index contributed by atoms with van der Waals surface area (Å²) in [7, 11) is 0. The monoisotopic (exact) mass is 353 g/mol. The van der Waals surface area contributed by atoms with E-state index in [1.807, 2.05) is 4.90 Å². The Bertz CT molecular complexity index is 663. The second-order valence-corrected chi connectivity index (χ2v) is 5.50. The molecule has 0 unspecified atom stereocenters. The SMILES string of the molecule is Nc1nc(Oc2ccc(F)c(Br)c2)nc(N2CCCC2)n1. The normalized spacial score (nSPS) is 14.5. The predicted molar refractivity (Wildman–Crippen MR) is 79.9 cm³/mol. The van der Waals surface area contributed by atoms with Gasteiger partial charge in [0, 0.05) is 13.1 Å². The highest BCUT2D eigenvalue weighted by atomic mass is 79.9. The van der Waals surface area contributed by atoms with Crippen LogP contribution in [-0.4, -0.2) is 28.0 Å². The molecule has 110 valence electrons. The van der Waals surface area contributed by atoms with Crippen molar-refractivity contribution in [2.24, 2.45) is 0 Å². The third-order valence-corrected chi connectivity index (χ3v) is 3.72. The minimum Gasteiger partial charge on any atom is -0.424 e. The van der Waals surface area contributed by atoms with Crippen LogP contribution in [0, 0.1) is 5.82 Å². The average molecular weight is 354 g/mol. The number of hydrogen-bond donors (Lipinski definition) is 1. The van der Waals surface area contributed by atoms with Gasteiger partial charge < -0.3 is 15.4 Å². The lowest BCUT2D eigenvalue weighted by molar-refractivity contribution is 0.438. The molecule has 0 spiro atoms. The van der Waals surface area contributed by atoms with Crippen LogP contribution in [0.3, 0.4) is 0 Å². The second kappa shape index (κ2) is 5.80. The number of hydrogen-bond acceptors (Lipinski definition) is 6. The lowest BCUT2D eigenvalue weighted by Gasteiger charge is -2.15. The second-order valence-electron chi connectivity index (χ2n) is 4.65. The first-order chi connectivity index (χ1) is 10.1. The molecule has 2 aromatic rings. The van der Waals surface area contributed by atoms with Gasteiger partial charge in [0.15, 0.2) is 0 Å². The van der Waals surface area contributed by atoms with Gasteiger partial charge in [0.05, 0.1) is 4.47 Å². The molecule has 6 nitrogen and oxygen atoms in total. The number of nitrogens with zero attached hydrogens (tertiary/aromatic N) is 4. The van der Waals surface area contributed by atoms with Gasteiger partial charge in [-0.05, 0) is 47.0 Å². The summed E-state index contributed by atoms with van der Waals surface area (Å²) in [6.07, 6.45) is 2.21. The van der Waals surface area contributed by atoms with Gasteiger partial charge in [-0.3, -0.25) is 0 Å². The molecule has 2 N–H and O–H groups in total. The van der Waals surface area contributed by atoms with Crippen LogP contribution in [0.4, 0.5) is 16.3 Å². The van der Waals surface area contributed by atoms with Crippen LogP contribution in [0.5, 0.6) is 11.8 Å². The third kappa shape index (κ3) is 3.21. The fourth-order valence-corrected chi connectivity index (χ4v) is 2.47. The van der Waals surface area contributed by atoms with Crippen LogP contribution in [0.15, 0.2) is 22.7 Å². The number of halogens is 2. The molecule has 1 aliphatic heterocycles. The van der Waals surface area contributed by atoms with Gasteiger partial charge >= 0.3 is 6.01 Å². The van der Waals surface area contributed by atoms with Crippen molar-refractivity contribution in [1.29, 1.82) is 0 Å². The van der Waals surface area contributed by atoms with Crippen molar-refractivity contribution < 1.29 is 9.13 Å². The standard InChI is InChI=1S/C13H13BrFN5O/c14-9-7-8(3-4-10(9)15)21-13-18-11(16)17-12(19-13)20-5-1-2-6-20/h3-4,7H,1-2,5-6H2,(H2,16,17,18,19). The molecule has 1 saturated heterocycles. The molecule has 1 fully saturated rings. The van der Waals surface area contributed by atoms with Gasteiger partial charge in [-0.15, -0.1) is 0 Å². The Balaban J connectivity index is 1.85. The zero-order valence-corrected chi connectivity index (χ0v) is 12.7. The van der Waals surface area contributed by atoms with Gasteiger partial charge in [-0.25, -0.2) is 4.39 Å². The number of nitrogens with two attached hydrogens (primary N) is 1. The van der Waals surface area contributed by atoms with Crippen LogP contribution < -0.4 is 15.4 Å². The Labute approximate surface area is 129 Å². The number of nitrogen functional groups attached to an aromatic ring is 1. The van der Waals surface area contributed by atoms with Crippen molar-refractivity contribution in [3.63, 3.8) is 0 Å². The van der Waals surface area contributed by atoms with Crippen LogP contribution in [-0.2, 0) is 0 Å². The maximum Gasteiger partial charge on any atom is 0.328 e. The topological polar surface area (TPSA) is 77.2 Å². The summed E-state index contributed by atoms with van der Waals surface area (Å²) >= 11 is 3.10. The molecule has 0 aliphatic carbocycles. The Kier molecular flexibility index (Phi) is 3.87. The summed E-state index contributed by atoms with van der Waals surface area (Å²) in [5, 5.41) is 0. The molecule has 0 amide bonds. The maximum absolute atomic E-state index is 13.2. The first kappa shape index (κ1) is 14.0. The zero-order valence-electron chi connectivity index (χ0n) is 11.1. The molecular weight excluding hydrogens is 341 g/mol. The Hall–Kier alpha value is -1.96. The van der Waals surface area contributed by atoms with Crippen molar-refractivity contribution in [2.75, 3.05) is 23.7 Å². The molecular formula is C13H13BrFN5O. The van der Waals surface area contributed by atoms with Gasteiger partial charge in [0.2, 0.25) is 11.9 Å². The highest BCUT2D eigenvalue weighted by molar-refractivity contribution is 9.10. The smallest absolute Gasteiger partial charge is 0.328 e. The Morgan fingerprint density at radius 3 is 2.67 bits per heavy atom. The Morgan fingerprint density at radius 1 is 1.19 bits per heavy atom. The molecule has 2 heterocycles. The van der Waals surface area contributed by atoms with E-state index in [0.717, 1.165) is 25.9 Å². The molecule has 21 heavy (non-hydrogen) atoms. The van der Waals surface area contributed by atoms with Gasteiger partial charge in [0.25, 0.3) is 0 Å². The number of anilines is 2. The number of aromatic nitrogens is 3. The minimum atomic E-state index is -0.365. The van der Waals surface area contributed by atoms with E-state index in [0.29, 0.717) is 16.2 Å². The fourth-order valence-electron chi connectivity index (χ4n) is 2.11. The van der Waals surface area contributed by atoms with Crippen molar-refractivity contribution >= 4 is 27.8 Å². The van der Waals surface area contributed by atoms with Crippen LogP contribution in [0.25, 0.3) is 0 Å².